The van der Waals surface area contributed by atoms with Gasteiger partial charge in [-0.1, -0.05) is 12.1 Å². The molecule has 0 bridgehead atoms. The minimum Gasteiger partial charge on any atom is -0.370 e. The van der Waals surface area contributed by atoms with Gasteiger partial charge in [0.15, 0.2) is 5.82 Å². The molecule has 0 amide bonds. The van der Waals surface area contributed by atoms with E-state index in [1.54, 1.807) is 6.07 Å². The third-order valence-corrected chi connectivity index (χ3v) is 3.97. The molecular weight excluding hydrogens is 279 g/mol. The minimum atomic E-state index is -0.271. The van der Waals surface area contributed by atoms with Crippen LogP contribution in [0.2, 0.25) is 0 Å². The van der Waals surface area contributed by atoms with Crippen LogP contribution in [-0.4, -0.2) is 29.6 Å². The largest absolute Gasteiger partial charge is 0.370 e. The van der Waals surface area contributed by atoms with Crippen molar-refractivity contribution in [2.24, 2.45) is 5.92 Å². The van der Waals surface area contributed by atoms with E-state index in [1.807, 2.05) is 19.1 Å². The van der Waals surface area contributed by atoms with Gasteiger partial charge in [-0.05, 0) is 50.9 Å². The van der Waals surface area contributed by atoms with Crippen LogP contribution >= 0.6 is 0 Å². The number of halogens is 1. The predicted molar refractivity (Wildman–Crippen MR) is 86.2 cm³/mol. The van der Waals surface area contributed by atoms with E-state index in [0.29, 0.717) is 17.3 Å². The summed E-state index contributed by atoms with van der Waals surface area (Å²) in [6.07, 6.45) is 2.38. The quantitative estimate of drug-likeness (QED) is 0.911. The molecular formula is C17H21FN4. The van der Waals surface area contributed by atoms with E-state index in [2.05, 4.69) is 20.6 Å². The van der Waals surface area contributed by atoms with E-state index in [9.17, 15) is 4.39 Å². The fraction of sp³-hybridized carbons (Fsp3) is 0.412. The second kappa shape index (κ2) is 6.83. The SMILES string of the molecule is Cc1cc(NCC2CCNCC2)nc(-c2cccc(F)c2)n1. The van der Waals surface area contributed by atoms with Gasteiger partial charge in [-0.2, -0.15) is 0 Å². The Hall–Kier alpha value is -2.01. The van der Waals surface area contributed by atoms with Gasteiger partial charge in [0.2, 0.25) is 0 Å². The predicted octanol–water partition coefficient (Wildman–Crippen LogP) is 3.00. The Morgan fingerprint density at radius 1 is 1.23 bits per heavy atom. The Morgan fingerprint density at radius 2 is 2.05 bits per heavy atom. The fourth-order valence-electron chi connectivity index (χ4n) is 2.75. The maximum atomic E-state index is 13.4. The Balaban J connectivity index is 1.74. The van der Waals surface area contributed by atoms with Gasteiger partial charge in [0.25, 0.3) is 0 Å². The van der Waals surface area contributed by atoms with Crippen LogP contribution in [0, 0.1) is 18.7 Å². The number of piperidine rings is 1. The molecule has 0 aliphatic carbocycles. The molecule has 1 aromatic carbocycles. The first-order valence-corrected chi connectivity index (χ1v) is 7.77. The molecule has 1 aliphatic rings. The van der Waals surface area contributed by atoms with Crippen molar-refractivity contribution < 1.29 is 4.39 Å². The second-order valence-corrected chi connectivity index (χ2v) is 5.80. The highest BCUT2D eigenvalue weighted by atomic mass is 19.1. The first-order valence-electron chi connectivity index (χ1n) is 7.77. The number of hydrogen-bond acceptors (Lipinski definition) is 4. The van der Waals surface area contributed by atoms with Crippen molar-refractivity contribution in [3.05, 3.63) is 41.8 Å². The molecule has 1 aliphatic heterocycles. The summed E-state index contributed by atoms with van der Waals surface area (Å²) in [5.74, 6) is 1.78. The topological polar surface area (TPSA) is 49.8 Å². The van der Waals surface area contributed by atoms with Gasteiger partial charge in [0.1, 0.15) is 11.6 Å². The molecule has 0 spiro atoms. The third-order valence-electron chi connectivity index (χ3n) is 3.97. The maximum Gasteiger partial charge on any atom is 0.161 e. The van der Waals surface area contributed by atoms with Crippen LogP contribution in [0.25, 0.3) is 11.4 Å². The number of rotatable bonds is 4. The van der Waals surface area contributed by atoms with Gasteiger partial charge in [-0.3, -0.25) is 0 Å². The van der Waals surface area contributed by atoms with E-state index in [4.69, 9.17) is 0 Å². The highest BCUT2D eigenvalue weighted by Gasteiger charge is 2.13. The van der Waals surface area contributed by atoms with Crippen LogP contribution in [0.15, 0.2) is 30.3 Å². The van der Waals surface area contributed by atoms with E-state index in [1.165, 1.54) is 25.0 Å². The first kappa shape index (κ1) is 14.9. The van der Waals surface area contributed by atoms with Crippen molar-refractivity contribution in [1.82, 2.24) is 15.3 Å². The lowest BCUT2D eigenvalue weighted by Crippen LogP contribution is -2.31. The molecule has 2 N–H and O–H groups in total. The summed E-state index contributed by atoms with van der Waals surface area (Å²) in [4.78, 5) is 8.94. The normalized spacial score (nSPS) is 15.7. The molecule has 1 aromatic heterocycles. The van der Waals surface area contributed by atoms with Crippen molar-refractivity contribution in [2.75, 3.05) is 25.0 Å². The molecule has 116 valence electrons. The highest BCUT2D eigenvalue weighted by Crippen LogP contribution is 2.19. The van der Waals surface area contributed by atoms with Gasteiger partial charge in [0.05, 0.1) is 0 Å². The van der Waals surface area contributed by atoms with Crippen molar-refractivity contribution in [3.63, 3.8) is 0 Å². The van der Waals surface area contributed by atoms with E-state index >= 15 is 0 Å². The number of nitrogens with one attached hydrogen (secondary N) is 2. The average Bonchev–Trinajstić information content (AvgIpc) is 2.53. The standard InChI is InChI=1S/C17H21FN4/c1-12-9-16(20-11-13-5-7-19-8-6-13)22-17(21-12)14-3-2-4-15(18)10-14/h2-4,9-10,13,19H,5-8,11H2,1H3,(H,20,21,22). The molecule has 3 rings (SSSR count). The smallest absolute Gasteiger partial charge is 0.161 e. The number of benzene rings is 1. The Morgan fingerprint density at radius 3 is 2.82 bits per heavy atom. The van der Waals surface area contributed by atoms with E-state index in [0.717, 1.165) is 31.1 Å². The van der Waals surface area contributed by atoms with Crippen molar-refractivity contribution >= 4 is 5.82 Å². The molecule has 22 heavy (non-hydrogen) atoms. The van der Waals surface area contributed by atoms with Crippen molar-refractivity contribution in [3.8, 4) is 11.4 Å². The van der Waals surface area contributed by atoms with Crippen molar-refractivity contribution in [2.45, 2.75) is 19.8 Å². The van der Waals surface area contributed by atoms with E-state index in [-0.39, 0.29) is 5.82 Å². The van der Waals surface area contributed by atoms with Crippen molar-refractivity contribution in [1.29, 1.82) is 0 Å². The third kappa shape index (κ3) is 3.80. The van der Waals surface area contributed by atoms with Gasteiger partial charge >= 0.3 is 0 Å². The van der Waals surface area contributed by atoms with Crippen LogP contribution in [0.4, 0.5) is 10.2 Å². The number of aryl methyl sites for hydroxylation is 1. The zero-order valence-electron chi connectivity index (χ0n) is 12.8. The van der Waals surface area contributed by atoms with Crippen LogP contribution in [0.1, 0.15) is 18.5 Å². The van der Waals surface area contributed by atoms with Gasteiger partial charge in [-0.25, -0.2) is 14.4 Å². The molecule has 4 nitrogen and oxygen atoms in total. The van der Waals surface area contributed by atoms with Gasteiger partial charge in [0, 0.05) is 23.9 Å². The lowest BCUT2D eigenvalue weighted by Gasteiger charge is -2.23. The lowest BCUT2D eigenvalue weighted by atomic mass is 9.98. The molecule has 2 heterocycles. The number of hydrogen-bond donors (Lipinski definition) is 2. The monoisotopic (exact) mass is 300 g/mol. The summed E-state index contributed by atoms with van der Waals surface area (Å²) >= 11 is 0. The molecule has 0 unspecified atom stereocenters. The van der Waals surface area contributed by atoms with Crippen LogP contribution < -0.4 is 10.6 Å². The highest BCUT2D eigenvalue weighted by molar-refractivity contribution is 5.57. The van der Waals surface area contributed by atoms with Crippen LogP contribution in [-0.2, 0) is 0 Å². The Kier molecular flexibility index (Phi) is 4.63. The summed E-state index contributed by atoms with van der Waals surface area (Å²) in [6, 6.07) is 8.33. The summed E-state index contributed by atoms with van der Waals surface area (Å²) in [6.45, 7) is 5.02. The molecule has 1 fully saturated rings. The lowest BCUT2D eigenvalue weighted by molar-refractivity contribution is 0.389. The molecule has 0 radical (unpaired) electrons. The zero-order chi connectivity index (χ0) is 15.4. The molecule has 5 heteroatoms. The second-order valence-electron chi connectivity index (χ2n) is 5.80. The van der Waals surface area contributed by atoms with Gasteiger partial charge < -0.3 is 10.6 Å². The summed E-state index contributed by atoms with van der Waals surface area (Å²) in [5, 5.41) is 6.78. The van der Waals surface area contributed by atoms with E-state index < -0.39 is 0 Å². The summed E-state index contributed by atoms with van der Waals surface area (Å²) < 4.78 is 13.4. The van der Waals surface area contributed by atoms with Gasteiger partial charge in [-0.15, -0.1) is 0 Å². The number of nitrogens with zero attached hydrogens (tertiary/aromatic N) is 2. The minimum absolute atomic E-state index is 0.271. The Labute approximate surface area is 130 Å². The first-order chi connectivity index (χ1) is 10.7. The molecule has 1 saturated heterocycles. The zero-order valence-corrected chi connectivity index (χ0v) is 12.8. The average molecular weight is 300 g/mol. The molecule has 0 saturated carbocycles. The maximum absolute atomic E-state index is 13.4. The Bertz CT molecular complexity index is 638. The fourth-order valence-corrected chi connectivity index (χ4v) is 2.75. The van der Waals surface area contributed by atoms with Crippen LogP contribution in [0.5, 0.6) is 0 Å². The van der Waals surface area contributed by atoms with Crippen LogP contribution in [0.3, 0.4) is 0 Å². The molecule has 0 atom stereocenters. The molecule has 2 aromatic rings. The summed E-state index contributed by atoms with van der Waals surface area (Å²) in [7, 11) is 0. The number of aromatic nitrogens is 2. The summed E-state index contributed by atoms with van der Waals surface area (Å²) in [5.41, 5.74) is 1.58. The number of anilines is 1.